The molecule has 2 saturated heterocycles. The smallest absolute Gasteiger partial charge is 0.193 e. The van der Waals surface area contributed by atoms with Crippen molar-refractivity contribution in [1.29, 1.82) is 0 Å². The number of hydrogen-bond acceptors (Lipinski definition) is 6. The molecular formula is C24H22F2N2O5. The second kappa shape index (κ2) is 8.18. The average Bonchev–Trinajstić information content (AvgIpc) is 3.50. The van der Waals surface area contributed by atoms with Crippen molar-refractivity contribution in [2.24, 2.45) is 0 Å². The van der Waals surface area contributed by atoms with Crippen molar-refractivity contribution >= 4 is 16.6 Å². The third-order valence-electron chi connectivity index (χ3n) is 6.34. The number of ether oxygens (including phenoxy) is 4. The van der Waals surface area contributed by atoms with Crippen LogP contribution < -0.4 is 4.74 Å². The molecule has 2 N–H and O–H groups in total. The predicted molar refractivity (Wildman–Crippen MR) is 115 cm³/mol. The highest BCUT2D eigenvalue weighted by atomic mass is 19.1. The normalized spacial score (nSPS) is 27.1. The van der Waals surface area contributed by atoms with Gasteiger partial charge in [0, 0.05) is 6.07 Å². The Morgan fingerprint density at radius 1 is 1.06 bits per heavy atom. The van der Waals surface area contributed by atoms with Crippen molar-refractivity contribution in [2.45, 2.75) is 30.8 Å². The number of aromatic amines is 1. The van der Waals surface area contributed by atoms with Crippen LogP contribution in [0.25, 0.3) is 27.9 Å². The molecule has 2 aromatic heterocycles. The molecule has 7 nitrogen and oxygen atoms in total. The van der Waals surface area contributed by atoms with Crippen LogP contribution in [0.5, 0.6) is 5.88 Å². The molecule has 2 fully saturated rings. The summed E-state index contributed by atoms with van der Waals surface area (Å²) in [4.78, 5) is 7.56. The van der Waals surface area contributed by atoms with E-state index in [1.165, 1.54) is 12.1 Å². The largest absolute Gasteiger partial charge is 0.470 e. The van der Waals surface area contributed by atoms with Gasteiger partial charge in [0.1, 0.15) is 29.9 Å². The van der Waals surface area contributed by atoms with Crippen molar-refractivity contribution in [3.8, 4) is 17.1 Å². The van der Waals surface area contributed by atoms with Crippen molar-refractivity contribution in [3.05, 3.63) is 53.6 Å². The van der Waals surface area contributed by atoms with Crippen LogP contribution in [0.3, 0.4) is 0 Å². The van der Waals surface area contributed by atoms with Gasteiger partial charge < -0.3 is 29.0 Å². The van der Waals surface area contributed by atoms with Crippen LogP contribution in [-0.4, -0.2) is 65.9 Å². The van der Waals surface area contributed by atoms with Crippen LogP contribution in [0.4, 0.5) is 8.78 Å². The summed E-state index contributed by atoms with van der Waals surface area (Å²) < 4.78 is 52.3. The molecule has 0 unspecified atom stereocenters. The zero-order valence-corrected chi connectivity index (χ0v) is 17.6. The van der Waals surface area contributed by atoms with E-state index in [0.29, 0.717) is 48.7 Å². The standard InChI is InChI=1S/C24H22F2N2O5/c25-14-7-13(12-3-5-30-6-4-12)8-15(26)22(14)17-2-1-16-18(27-17)9-21(28-16)33-20-11-32-23-19(29)10-31-24(20)23/h1-3,7-9,19-20,23-24,28-29H,4-6,10-11H2/t19-,20-,23-,24-/m1/s1. The Kier molecular flexibility index (Phi) is 5.14. The maximum Gasteiger partial charge on any atom is 0.193 e. The lowest BCUT2D eigenvalue weighted by Gasteiger charge is -2.16. The molecular weight excluding hydrogens is 434 g/mol. The van der Waals surface area contributed by atoms with Gasteiger partial charge in [0.15, 0.2) is 12.0 Å². The van der Waals surface area contributed by atoms with Gasteiger partial charge in [-0.05, 0) is 41.8 Å². The third kappa shape index (κ3) is 3.71. The Balaban J connectivity index is 1.27. The first-order valence-electron chi connectivity index (χ1n) is 10.9. The molecule has 3 aromatic rings. The Morgan fingerprint density at radius 3 is 2.67 bits per heavy atom. The number of H-pyrrole nitrogens is 1. The van der Waals surface area contributed by atoms with Crippen LogP contribution in [0.15, 0.2) is 36.4 Å². The maximum atomic E-state index is 15.0. The first-order valence-corrected chi connectivity index (χ1v) is 10.9. The number of aliphatic hydroxyl groups is 1. The molecule has 33 heavy (non-hydrogen) atoms. The molecule has 6 rings (SSSR count). The van der Waals surface area contributed by atoms with E-state index in [1.807, 2.05) is 6.08 Å². The summed E-state index contributed by atoms with van der Waals surface area (Å²) in [5, 5.41) is 9.88. The fraction of sp³-hybridized carbons (Fsp3) is 0.375. The van der Waals surface area contributed by atoms with Gasteiger partial charge in [-0.3, -0.25) is 0 Å². The van der Waals surface area contributed by atoms with Crippen molar-refractivity contribution < 1.29 is 32.8 Å². The molecule has 0 spiro atoms. The Labute approximate surface area is 187 Å². The van der Waals surface area contributed by atoms with Crippen molar-refractivity contribution in [3.63, 3.8) is 0 Å². The molecule has 0 amide bonds. The maximum absolute atomic E-state index is 15.0. The number of pyridine rings is 1. The van der Waals surface area contributed by atoms with Gasteiger partial charge in [0.25, 0.3) is 0 Å². The second-order valence-corrected chi connectivity index (χ2v) is 8.45. The van der Waals surface area contributed by atoms with Gasteiger partial charge in [-0.15, -0.1) is 0 Å². The first-order chi connectivity index (χ1) is 16.1. The van der Waals surface area contributed by atoms with Gasteiger partial charge >= 0.3 is 0 Å². The third-order valence-corrected chi connectivity index (χ3v) is 6.34. The molecule has 0 bridgehead atoms. The van der Waals surface area contributed by atoms with Crippen LogP contribution in [0.2, 0.25) is 0 Å². The zero-order chi connectivity index (χ0) is 22.5. The van der Waals surface area contributed by atoms with Crippen LogP contribution in [0, 0.1) is 11.6 Å². The summed E-state index contributed by atoms with van der Waals surface area (Å²) in [6.07, 6.45) is 0.693. The van der Waals surface area contributed by atoms with E-state index in [9.17, 15) is 13.9 Å². The molecule has 9 heteroatoms. The molecule has 4 atom stereocenters. The minimum absolute atomic E-state index is 0.169. The number of rotatable bonds is 4. The highest BCUT2D eigenvalue weighted by Crippen LogP contribution is 2.33. The zero-order valence-electron chi connectivity index (χ0n) is 17.6. The summed E-state index contributed by atoms with van der Waals surface area (Å²) in [6, 6.07) is 7.65. The van der Waals surface area contributed by atoms with Gasteiger partial charge in [0.05, 0.1) is 48.7 Å². The van der Waals surface area contributed by atoms with Gasteiger partial charge in [-0.2, -0.15) is 0 Å². The summed E-state index contributed by atoms with van der Waals surface area (Å²) in [6.45, 7) is 1.49. The number of halogens is 2. The lowest BCUT2D eigenvalue weighted by atomic mass is 9.98. The van der Waals surface area contributed by atoms with Gasteiger partial charge in [0.2, 0.25) is 0 Å². The molecule has 0 aliphatic carbocycles. The van der Waals surface area contributed by atoms with E-state index in [1.54, 1.807) is 18.2 Å². The quantitative estimate of drug-likeness (QED) is 0.627. The lowest BCUT2D eigenvalue weighted by Crippen LogP contribution is -2.34. The summed E-state index contributed by atoms with van der Waals surface area (Å²) >= 11 is 0. The fourth-order valence-corrected chi connectivity index (χ4v) is 4.69. The molecule has 5 heterocycles. The highest BCUT2D eigenvalue weighted by Gasteiger charge is 2.48. The summed E-state index contributed by atoms with van der Waals surface area (Å²) in [7, 11) is 0. The van der Waals surface area contributed by atoms with Gasteiger partial charge in [-0.1, -0.05) is 6.08 Å². The SMILES string of the molecule is O[C@@H]1CO[C@H]2[C@@H]1OC[C@H]2Oc1cc2nc(-c3c(F)cc(C4=CCOCC4)cc3F)ccc2[nH]1. The number of nitrogens with zero attached hydrogens (tertiary/aromatic N) is 1. The lowest BCUT2D eigenvalue weighted by molar-refractivity contribution is 0.00794. The molecule has 0 saturated carbocycles. The van der Waals surface area contributed by atoms with E-state index in [-0.39, 0.29) is 30.1 Å². The molecule has 3 aliphatic heterocycles. The Bertz CT molecular complexity index is 1220. The monoisotopic (exact) mass is 456 g/mol. The topological polar surface area (TPSA) is 85.8 Å². The first kappa shape index (κ1) is 20.7. The van der Waals surface area contributed by atoms with E-state index < -0.39 is 23.8 Å². The van der Waals surface area contributed by atoms with E-state index in [2.05, 4.69) is 9.97 Å². The highest BCUT2D eigenvalue weighted by molar-refractivity contribution is 5.81. The summed E-state index contributed by atoms with van der Waals surface area (Å²) in [5.74, 6) is -0.888. The van der Waals surface area contributed by atoms with Crippen molar-refractivity contribution in [1.82, 2.24) is 9.97 Å². The number of benzene rings is 1. The Morgan fingerprint density at radius 2 is 1.88 bits per heavy atom. The predicted octanol–water partition coefficient (Wildman–Crippen LogP) is 3.22. The number of aromatic nitrogens is 2. The van der Waals surface area contributed by atoms with Crippen LogP contribution >= 0.6 is 0 Å². The number of nitrogens with one attached hydrogen (secondary N) is 1. The molecule has 0 radical (unpaired) electrons. The van der Waals surface area contributed by atoms with E-state index in [4.69, 9.17) is 18.9 Å². The molecule has 3 aliphatic rings. The number of hydrogen-bond donors (Lipinski definition) is 2. The summed E-state index contributed by atoms with van der Waals surface area (Å²) in [5.41, 5.74) is 2.60. The minimum atomic E-state index is -0.665. The van der Waals surface area contributed by atoms with Crippen LogP contribution in [0.1, 0.15) is 12.0 Å². The molecule has 172 valence electrons. The van der Waals surface area contributed by atoms with Gasteiger partial charge in [-0.25, -0.2) is 13.8 Å². The van der Waals surface area contributed by atoms with Crippen molar-refractivity contribution in [2.75, 3.05) is 26.4 Å². The number of fused-ring (bicyclic) bond motifs is 2. The number of aliphatic hydroxyl groups excluding tert-OH is 1. The Hall–Kier alpha value is -2.85. The van der Waals surface area contributed by atoms with E-state index in [0.717, 1.165) is 5.57 Å². The van der Waals surface area contributed by atoms with E-state index >= 15 is 0 Å². The average molecular weight is 456 g/mol. The molecule has 1 aromatic carbocycles. The fourth-order valence-electron chi connectivity index (χ4n) is 4.69. The minimum Gasteiger partial charge on any atom is -0.470 e. The second-order valence-electron chi connectivity index (χ2n) is 8.45. The van der Waals surface area contributed by atoms with Crippen LogP contribution in [-0.2, 0) is 14.2 Å².